The fourth-order valence-electron chi connectivity index (χ4n) is 4.10. The van der Waals surface area contributed by atoms with E-state index in [2.05, 4.69) is 6.92 Å². The van der Waals surface area contributed by atoms with Gasteiger partial charge in [0.15, 0.2) is 0 Å². The molecule has 3 fully saturated rings. The molecule has 3 unspecified atom stereocenters. The molecule has 0 aromatic carbocycles. The molecule has 0 spiro atoms. The summed E-state index contributed by atoms with van der Waals surface area (Å²) in [4.78, 5) is 0. The molecule has 3 rings (SSSR count). The standard InChI is InChI=1S/C13H22/c1-2-3-9-6-11(7-9)13-8-10-4-5-12(10)13/h9-13H,2-8H2,1H3. The van der Waals surface area contributed by atoms with Gasteiger partial charge in [0.1, 0.15) is 0 Å². The Hall–Kier alpha value is 0. The van der Waals surface area contributed by atoms with Crippen LogP contribution in [-0.2, 0) is 0 Å². The summed E-state index contributed by atoms with van der Waals surface area (Å²) in [6, 6.07) is 0. The van der Waals surface area contributed by atoms with Gasteiger partial charge in [0, 0.05) is 0 Å². The second kappa shape index (κ2) is 3.00. The van der Waals surface area contributed by atoms with E-state index in [0.717, 1.165) is 5.92 Å². The van der Waals surface area contributed by atoms with Crippen LogP contribution in [0.25, 0.3) is 0 Å². The maximum Gasteiger partial charge on any atom is -0.0352 e. The smallest absolute Gasteiger partial charge is 0.0352 e. The lowest BCUT2D eigenvalue weighted by molar-refractivity contribution is -0.0911. The van der Waals surface area contributed by atoms with Gasteiger partial charge >= 0.3 is 0 Å². The van der Waals surface area contributed by atoms with Crippen LogP contribution in [0.3, 0.4) is 0 Å². The second-order valence-corrected chi connectivity index (χ2v) is 5.79. The molecular weight excluding hydrogens is 156 g/mol. The van der Waals surface area contributed by atoms with E-state index in [0.29, 0.717) is 0 Å². The summed E-state index contributed by atoms with van der Waals surface area (Å²) in [6.45, 7) is 2.33. The highest BCUT2D eigenvalue weighted by Crippen LogP contribution is 2.61. The summed E-state index contributed by atoms with van der Waals surface area (Å²) >= 11 is 0. The molecule has 0 heteroatoms. The number of hydrogen-bond donors (Lipinski definition) is 0. The van der Waals surface area contributed by atoms with Crippen molar-refractivity contribution in [2.45, 2.75) is 51.9 Å². The Morgan fingerprint density at radius 1 is 0.923 bits per heavy atom. The largest absolute Gasteiger partial charge is 0.0654 e. The van der Waals surface area contributed by atoms with Crippen LogP contribution in [0.1, 0.15) is 51.9 Å². The summed E-state index contributed by atoms with van der Waals surface area (Å²) in [7, 11) is 0. The molecule has 13 heavy (non-hydrogen) atoms. The monoisotopic (exact) mass is 178 g/mol. The molecule has 0 radical (unpaired) electrons. The molecule has 0 nitrogen and oxygen atoms in total. The van der Waals surface area contributed by atoms with E-state index < -0.39 is 0 Å². The van der Waals surface area contributed by atoms with Gasteiger partial charge in [-0.2, -0.15) is 0 Å². The van der Waals surface area contributed by atoms with E-state index in [1.165, 1.54) is 36.5 Å². The van der Waals surface area contributed by atoms with Crippen molar-refractivity contribution in [1.29, 1.82) is 0 Å². The molecule has 3 atom stereocenters. The van der Waals surface area contributed by atoms with Crippen LogP contribution >= 0.6 is 0 Å². The lowest BCUT2D eigenvalue weighted by Gasteiger charge is -2.59. The summed E-state index contributed by atoms with van der Waals surface area (Å²) in [5.41, 5.74) is 0. The van der Waals surface area contributed by atoms with Gasteiger partial charge in [-0.25, -0.2) is 0 Å². The maximum absolute atomic E-state index is 2.33. The first-order valence-electron chi connectivity index (χ1n) is 6.38. The minimum atomic E-state index is 1.13. The summed E-state index contributed by atoms with van der Waals surface area (Å²) < 4.78 is 0. The first-order chi connectivity index (χ1) is 6.38. The van der Waals surface area contributed by atoms with E-state index in [9.17, 15) is 0 Å². The highest BCUT2D eigenvalue weighted by molar-refractivity contribution is 5.01. The zero-order chi connectivity index (χ0) is 8.84. The normalized spacial score (nSPS) is 52.8. The highest BCUT2D eigenvalue weighted by atomic mass is 14.6. The SMILES string of the molecule is CCCC1CC(C2CC3CCC32)C1. The van der Waals surface area contributed by atoms with Crippen LogP contribution in [0, 0.1) is 29.6 Å². The number of rotatable bonds is 3. The van der Waals surface area contributed by atoms with Crippen molar-refractivity contribution in [2.24, 2.45) is 29.6 Å². The van der Waals surface area contributed by atoms with Gasteiger partial charge in [-0.1, -0.05) is 19.8 Å². The second-order valence-electron chi connectivity index (χ2n) is 5.79. The van der Waals surface area contributed by atoms with Gasteiger partial charge in [-0.15, -0.1) is 0 Å². The third-order valence-corrected chi connectivity index (χ3v) is 5.18. The van der Waals surface area contributed by atoms with Crippen LogP contribution in [0.4, 0.5) is 0 Å². The van der Waals surface area contributed by atoms with E-state index in [-0.39, 0.29) is 0 Å². The molecule has 0 heterocycles. The van der Waals surface area contributed by atoms with Crippen molar-refractivity contribution in [1.82, 2.24) is 0 Å². The lowest BCUT2D eigenvalue weighted by atomic mass is 9.46. The molecule has 0 saturated heterocycles. The molecule has 74 valence electrons. The molecule has 0 aromatic rings. The average molecular weight is 178 g/mol. The first kappa shape index (κ1) is 8.32. The molecule has 3 aliphatic carbocycles. The average Bonchev–Trinajstić information content (AvgIpc) is 2.03. The van der Waals surface area contributed by atoms with Gasteiger partial charge in [-0.3, -0.25) is 0 Å². The van der Waals surface area contributed by atoms with Crippen molar-refractivity contribution in [2.75, 3.05) is 0 Å². The summed E-state index contributed by atoms with van der Waals surface area (Å²) in [5, 5.41) is 0. The van der Waals surface area contributed by atoms with Crippen LogP contribution < -0.4 is 0 Å². The van der Waals surface area contributed by atoms with Crippen molar-refractivity contribution < 1.29 is 0 Å². The van der Waals surface area contributed by atoms with Crippen molar-refractivity contribution in [3.63, 3.8) is 0 Å². The Bertz CT molecular complexity index is 190. The zero-order valence-electron chi connectivity index (χ0n) is 8.84. The fourth-order valence-corrected chi connectivity index (χ4v) is 4.10. The summed E-state index contributed by atoms with van der Waals surface area (Å²) in [6.07, 6.45) is 10.9. The number of hydrogen-bond acceptors (Lipinski definition) is 0. The van der Waals surface area contributed by atoms with Gasteiger partial charge in [0.25, 0.3) is 0 Å². The predicted molar refractivity (Wildman–Crippen MR) is 55.4 cm³/mol. The van der Waals surface area contributed by atoms with Crippen LogP contribution in [0.15, 0.2) is 0 Å². The topological polar surface area (TPSA) is 0 Å². The van der Waals surface area contributed by atoms with E-state index in [1.54, 1.807) is 32.1 Å². The zero-order valence-corrected chi connectivity index (χ0v) is 8.84. The Balaban J connectivity index is 1.44. The quantitative estimate of drug-likeness (QED) is 0.615. The van der Waals surface area contributed by atoms with Crippen LogP contribution in [0.5, 0.6) is 0 Å². The Labute approximate surface area is 82.1 Å². The minimum absolute atomic E-state index is 1.13. The molecule has 0 N–H and O–H groups in total. The highest BCUT2D eigenvalue weighted by Gasteiger charge is 2.52. The van der Waals surface area contributed by atoms with Gasteiger partial charge in [-0.05, 0) is 61.7 Å². The van der Waals surface area contributed by atoms with Crippen molar-refractivity contribution in [3.8, 4) is 0 Å². The van der Waals surface area contributed by atoms with Crippen molar-refractivity contribution in [3.05, 3.63) is 0 Å². The van der Waals surface area contributed by atoms with E-state index >= 15 is 0 Å². The molecule has 3 aliphatic rings. The van der Waals surface area contributed by atoms with Gasteiger partial charge < -0.3 is 0 Å². The Kier molecular flexibility index (Phi) is 1.92. The summed E-state index contributed by atoms with van der Waals surface area (Å²) in [5.74, 6) is 5.93. The predicted octanol–water partition coefficient (Wildman–Crippen LogP) is 3.86. The third-order valence-electron chi connectivity index (χ3n) is 5.18. The van der Waals surface area contributed by atoms with Crippen LogP contribution in [0.2, 0.25) is 0 Å². The van der Waals surface area contributed by atoms with E-state index in [4.69, 9.17) is 0 Å². The fraction of sp³-hybridized carbons (Fsp3) is 1.00. The molecule has 3 saturated carbocycles. The van der Waals surface area contributed by atoms with Crippen molar-refractivity contribution >= 4 is 0 Å². The molecular formula is C13H22. The minimum Gasteiger partial charge on any atom is -0.0654 e. The van der Waals surface area contributed by atoms with Gasteiger partial charge in [0.05, 0.1) is 0 Å². The molecule has 0 amide bonds. The Morgan fingerprint density at radius 2 is 1.77 bits per heavy atom. The number of fused-ring (bicyclic) bond motifs is 1. The molecule has 0 aliphatic heterocycles. The Morgan fingerprint density at radius 3 is 2.23 bits per heavy atom. The third kappa shape index (κ3) is 1.17. The molecule has 0 bridgehead atoms. The maximum atomic E-state index is 2.33. The lowest BCUT2D eigenvalue weighted by Crippen LogP contribution is -2.50. The van der Waals surface area contributed by atoms with E-state index in [1.807, 2.05) is 0 Å². The van der Waals surface area contributed by atoms with Crippen LogP contribution in [-0.4, -0.2) is 0 Å². The molecule has 0 aromatic heterocycles. The first-order valence-corrected chi connectivity index (χ1v) is 6.38. The van der Waals surface area contributed by atoms with Gasteiger partial charge in [0.2, 0.25) is 0 Å².